The lowest BCUT2D eigenvalue weighted by Gasteiger charge is -2.17. The predicted molar refractivity (Wildman–Crippen MR) is 97.1 cm³/mol. The van der Waals surface area contributed by atoms with E-state index in [1.807, 2.05) is 54.6 Å². The molecule has 0 aliphatic carbocycles. The van der Waals surface area contributed by atoms with Crippen LogP contribution in [0.3, 0.4) is 0 Å². The Bertz CT molecular complexity index is 795. The van der Waals surface area contributed by atoms with E-state index in [0.29, 0.717) is 17.3 Å². The first-order chi connectivity index (χ1) is 11.7. The first-order valence-electron chi connectivity index (χ1n) is 7.74. The molecule has 0 bridgehead atoms. The normalized spacial score (nSPS) is 11.9. The lowest BCUT2D eigenvalue weighted by Crippen LogP contribution is -2.27. The predicted octanol–water partition coefficient (Wildman–Crippen LogP) is 3.81. The van der Waals surface area contributed by atoms with Crippen LogP contribution >= 0.6 is 11.6 Å². The van der Waals surface area contributed by atoms with Gasteiger partial charge in [-0.25, -0.2) is 4.98 Å². The molecular formula is C19H18ClN3O. The molecule has 5 heteroatoms. The van der Waals surface area contributed by atoms with Crippen molar-refractivity contribution in [3.8, 4) is 11.3 Å². The smallest absolute Gasteiger partial charge is 0.145 e. The van der Waals surface area contributed by atoms with E-state index in [0.717, 1.165) is 16.8 Å². The maximum atomic E-state index is 9.64. The Labute approximate surface area is 146 Å². The minimum absolute atomic E-state index is 0.0119. The third-order valence-corrected chi connectivity index (χ3v) is 3.89. The van der Waals surface area contributed by atoms with Gasteiger partial charge in [-0.05, 0) is 24.1 Å². The Hall–Kier alpha value is -2.43. The second kappa shape index (κ2) is 7.90. The van der Waals surface area contributed by atoms with Crippen molar-refractivity contribution in [2.75, 3.05) is 11.9 Å². The second-order valence-corrected chi connectivity index (χ2v) is 5.95. The molecule has 4 nitrogen and oxygen atoms in total. The van der Waals surface area contributed by atoms with Crippen LogP contribution < -0.4 is 5.32 Å². The quantitative estimate of drug-likeness (QED) is 0.717. The SMILES string of the molecule is OCC(Cc1ccccc1)Nc1cncc(-c2cccc(Cl)c2)n1. The van der Waals surface area contributed by atoms with E-state index in [9.17, 15) is 5.11 Å². The van der Waals surface area contributed by atoms with Gasteiger partial charge in [0.05, 0.1) is 30.7 Å². The number of anilines is 1. The zero-order valence-corrected chi connectivity index (χ0v) is 13.8. The summed E-state index contributed by atoms with van der Waals surface area (Å²) < 4.78 is 0. The van der Waals surface area contributed by atoms with Gasteiger partial charge in [0.15, 0.2) is 0 Å². The molecule has 0 aliphatic rings. The standard InChI is InChI=1S/C19H18ClN3O/c20-16-8-4-7-15(10-16)18-11-21-12-19(23-18)22-17(13-24)9-14-5-2-1-3-6-14/h1-8,10-12,17,24H,9,13H2,(H,22,23). The highest BCUT2D eigenvalue weighted by atomic mass is 35.5. The van der Waals surface area contributed by atoms with Crippen molar-refractivity contribution in [3.63, 3.8) is 0 Å². The van der Waals surface area contributed by atoms with Crippen LogP contribution in [0.15, 0.2) is 67.0 Å². The van der Waals surface area contributed by atoms with Gasteiger partial charge < -0.3 is 10.4 Å². The van der Waals surface area contributed by atoms with Crippen LogP contribution in [0.5, 0.6) is 0 Å². The molecule has 1 unspecified atom stereocenters. The Morgan fingerprint density at radius 2 is 1.88 bits per heavy atom. The third kappa shape index (κ3) is 4.31. The molecule has 3 rings (SSSR count). The van der Waals surface area contributed by atoms with Crippen molar-refractivity contribution < 1.29 is 5.11 Å². The number of rotatable bonds is 6. The molecule has 0 fully saturated rings. The molecule has 1 aromatic heterocycles. The van der Waals surface area contributed by atoms with Gasteiger partial charge in [-0.15, -0.1) is 0 Å². The second-order valence-electron chi connectivity index (χ2n) is 5.51. The van der Waals surface area contributed by atoms with Crippen LogP contribution in [-0.4, -0.2) is 27.7 Å². The molecule has 0 aliphatic heterocycles. The molecule has 1 heterocycles. The van der Waals surface area contributed by atoms with Crippen molar-refractivity contribution >= 4 is 17.4 Å². The van der Waals surface area contributed by atoms with E-state index >= 15 is 0 Å². The van der Waals surface area contributed by atoms with Gasteiger partial charge in [-0.1, -0.05) is 54.1 Å². The summed E-state index contributed by atoms with van der Waals surface area (Å²) in [5.74, 6) is 0.627. The summed E-state index contributed by atoms with van der Waals surface area (Å²) in [4.78, 5) is 8.81. The van der Waals surface area contributed by atoms with E-state index in [-0.39, 0.29) is 12.6 Å². The van der Waals surface area contributed by atoms with E-state index in [1.165, 1.54) is 0 Å². The highest BCUT2D eigenvalue weighted by Crippen LogP contribution is 2.21. The molecule has 24 heavy (non-hydrogen) atoms. The van der Waals surface area contributed by atoms with Crippen LogP contribution in [0, 0.1) is 0 Å². The van der Waals surface area contributed by atoms with Crippen molar-refractivity contribution in [3.05, 3.63) is 77.6 Å². The lowest BCUT2D eigenvalue weighted by atomic mass is 10.1. The minimum Gasteiger partial charge on any atom is -0.394 e. The van der Waals surface area contributed by atoms with Crippen molar-refractivity contribution in [1.29, 1.82) is 0 Å². The van der Waals surface area contributed by atoms with Crippen molar-refractivity contribution in [2.45, 2.75) is 12.5 Å². The number of hydrogen-bond acceptors (Lipinski definition) is 4. The van der Waals surface area contributed by atoms with Gasteiger partial charge in [0.2, 0.25) is 0 Å². The topological polar surface area (TPSA) is 58.0 Å². The Morgan fingerprint density at radius 3 is 2.62 bits per heavy atom. The molecule has 0 amide bonds. The molecule has 2 aromatic carbocycles. The number of benzene rings is 2. The van der Waals surface area contributed by atoms with E-state index in [1.54, 1.807) is 12.4 Å². The van der Waals surface area contributed by atoms with E-state index in [4.69, 9.17) is 11.6 Å². The molecule has 0 saturated carbocycles. The van der Waals surface area contributed by atoms with E-state index < -0.39 is 0 Å². The Balaban J connectivity index is 1.76. The highest BCUT2D eigenvalue weighted by Gasteiger charge is 2.10. The van der Waals surface area contributed by atoms with Gasteiger partial charge in [0.25, 0.3) is 0 Å². The summed E-state index contributed by atoms with van der Waals surface area (Å²) in [5, 5.41) is 13.5. The van der Waals surface area contributed by atoms with E-state index in [2.05, 4.69) is 15.3 Å². The number of aliphatic hydroxyl groups excluding tert-OH is 1. The molecule has 3 aromatic rings. The van der Waals surface area contributed by atoms with Crippen LogP contribution in [-0.2, 0) is 6.42 Å². The summed E-state index contributed by atoms with van der Waals surface area (Å²) in [6.07, 6.45) is 4.06. The largest absolute Gasteiger partial charge is 0.394 e. The summed E-state index contributed by atoms with van der Waals surface area (Å²) in [6.45, 7) is 0.0119. The maximum Gasteiger partial charge on any atom is 0.145 e. The van der Waals surface area contributed by atoms with Crippen molar-refractivity contribution in [2.24, 2.45) is 0 Å². The van der Waals surface area contributed by atoms with Gasteiger partial charge in [0, 0.05) is 10.6 Å². The first kappa shape index (κ1) is 16.4. The molecule has 1 atom stereocenters. The number of nitrogens with one attached hydrogen (secondary N) is 1. The number of halogens is 1. The number of nitrogens with zero attached hydrogens (tertiary/aromatic N) is 2. The van der Waals surface area contributed by atoms with Crippen LogP contribution in [0.1, 0.15) is 5.56 Å². The average Bonchev–Trinajstić information content (AvgIpc) is 2.62. The first-order valence-corrected chi connectivity index (χ1v) is 8.11. The fraction of sp³-hybridized carbons (Fsp3) is 0.158. The zero-order valence-electron chi connectivity index (χ0n) is 13.1. The average molecular weight is 340 g/mol. The van der Waals surface area contributed by atoms with Crippen LogP contribution in [0.4, 0.5) is 5.82 Å². The molecule has 0 saturated heterocycles. The fourth-order valence-electron chi connectivity index (χ4n) is 2.49. The minimum atomic E-state index is -0.128. The number of aliphatic hydroxyl groups is 1. The summed E-state index contributed by atoms with van der Waals surface area (Å²) >= 11 is 6.03. The van der Waals surface area contributed by atoms with Gasteiger partial charge >= 0.3 is 0 Å². The maximum absolute atomic E-state index is 9.64. The van der Waals surface area contributed by atoms with Gasteiger partial charge in [-0.3, -0.25) is 4.98 Å². The molecule has 122 valence electrons. The summed E-state index contributed by atoms with van der Waals surface area (Å²) in [6, 6.07) is 17.4. The number of aromatic nitrogens is 2. The highest BCUT2D eigenvalue weighted by molar-refractivity contribution is 6.30. The fourth-order valence-corrected chi connectivity index (χ4v) is 2.68. The third-order valence-electron chi connectivity index (χ3n) is 3.65. The molecule has 0 spiro atoms. The zero-order chi connectivity index (χ0) is 16.8. The van der Waals surface area contributed by atoms with Crippen LogP contribution in [0.2, 0.25) is 5.02 Å². The molecule has 0 radical (unpaired) electrons. The summed E-state index contributed by atoms with van der Waals surface area (Å²) in [5.41, 5.74) is 2.80. The lowest BCUT2D eigenvalue weighted by molar-refractivity contribution is 0.273. The van der Waals surface area contributed by atoms with Crippen molar-refractivity contribution in [1.82, 2.24) is 9.97 Å². The summed E-state index contributed by atoms with van der Waals surface area (Å²) in [7, 11) is 0. The number of hydrogen-bond donors (Lipinski definition) is 2. The van der Waals surface area contributed by atoms with Crippen LogP contribution in [0.25, 0.3) is 11.3 Å². The Morgan fingerprint density at radius 1 is 1.04 bits per heavy atom. The Kier molecular flexibility index (Phi) is 5.41. The molecular weight excluding hydrogens is 322 g/mol. The monoisotopic (exact) mass is 339 g/mol. The molecule has 2 N–H and O–H groups in total. The van der Waals surface area contributed by atoms with Gasteiger partial charge in [0.1, 0.15) is 5.82 Å². The van der Waals surface area contributed by atoms with Gasteiger partial charge in [-0.2, -0.15) is 0 Å².